The lowest BCUT2D eigenvalue weighted by atomic mass is 10.1. The molecule has 3 aromatic carbocycles. The van der Waals surface area contributed by atoms with Gasteiger partial charge in [-0.15, -0.1) is 23.4 Å². The molecule has 39 heavy (non-hydrogen) atoms. The number of anilines is 1. The number of alkyl halides is 3. The minimum atomic E-state index is -4.77. The molecule has 14 heteroatoms. The number of thioether (sulfide) groups is 1. The number of carbonyl (C=O) groups excluding carboxylic acids is 1. The molecule has 0 saturated carbocycles. The molecule has 5 rings (SSSR count). The smallest absolute Gasteiger partial charge is 0.406 e. The van der Waals surface area contributed by atoms with Gasteiger partial charge in [-0.1, -0.05) is 53.7 Å². The van der Waals surface area contributed by atoms with Gasteiger partial charge in [0, 0.05) is 5.56 Å². The van der Waals surface area contributed by atoms with Crippen LogP contribution in [0.25, 0.3) is 17.1 Å². The third kappa shape index (κ3) is 6.10. The molecule has 0 N–H and O–H groups in total. The first-order chi connectivity index (χ1) is 18.7. The second-order valence-corrected chi connectivity index (χ2v) is 9.24. The summed E-state index contributed by atoms with van der Waals surface area (Å²) in [6.45, 7) is 0. The van der Waals surface area contributed by atoms with Crippen molar-refractivity contribution in [1.29, 1.82) is 0 Å². The number of hydrogen-bond acceptors (Lipinski definition) is 7. The lowest BCUT2D eigenvalue weighted by molar-refractivity contribution is -0.274. The number of rotatable bonds is 6. The fraction of sp³-hybridized carbons (Fsp3) is 0.0800. The summed E-state index contributed by atoms with van der Waals surface area (Å²) in [7, 11) is 0. The first kappa shape index (κ1) is 26.4. The number of para-hydroxylation sites is 1. The zero-order valence-corrected chi connectivity index (χ0v) is 21.1. The van der Waals surface area contributed by atoms with E-state index >= 15 is 0 Å². The van der Waals surface area contributed by atoms with Gasteiger partial charge in [0.2, 0.25) is 5.91 Å². The predicted molar refractivity (Wildman–Crippen MR) is 140 cm³/mol. The Bertz CT molecular complexity index is 1550. The van der Waals surface area contributed by atoms with Crippen LogP contribution in [0.2, 0.25) is 5.02 Å². The third-order valence-electron chi connectivity index (χ3n) is 5.27. The number of ether oxygens (including phenoxy) is 1. The second kappa shape index (κ2) is 10.9. The quantitative estimate of drug-likeness (QED) is 0.158. The van der Waals surface area contributed by atoms with Crippen LogP contribution in [0.15, 0.2) is 83.3 Å². The van der Waals surface area contributed by atoms with Crippen LogP contribution in [0.4, 0.5) is 23.2 Å². The highest BCUT2D eigenvalue weighted by Gasteiger charge is 2.33. The van der Waals surface area contributed by atoms with E-state index in [1.807, 2.05) is 0 Å². The lowest BCUT2D eigenvalue weighted by Gasteiger charge is -2.17. The van der Waals surface area contributed by atoms with Gasteiger partial charge in [-0.2, -0.15) is 5.10 Å². The maximum absolute atomic E-state index is 14.3. The highest BCUT2D eigenvalue weighted by molar-refractivity contribution is 8.15. The largest absolute Gasteiger partial charge is 0.573 e. The lowest BCUT2D eigenvalue weighted by Crippen LogP contribution is -2.30. The number of nitrogens with zero attached hydrogens (tertiary/aromatic N) is 6. The van der Waals surface area contributed by atoms with Gasteiger partial charge in [-0.05, 0) is 42.0 Å². The van der Waals surface area contributed by atoms with E-state index in [9.17, 15) is 22.4 Å². The highest BCUT2D eigenvalue weighted by Crippen LogP contribution is 2.34. The van der Waals surface area contributed by atoms with E-state index in [0.29, 0.717) is 22.6 Å². The molecule has 1 saturated heterocycles. The van der Waals surface area contributed by atoms with E-state index in [4.69, 9.17) is 11.6 Å². The summed E-state index contributed by atoms with van der Waals surface area (Å²) in [5.74, 6) is -0.862. The number of amides is 1. The summed E-state index contributed by atoms with van der Waals surface area (Å²) in [6.07, 6.45) is -1.86. The van der Waals surface area contributed by atoms with E-state index in [0.717, 1.165) is 16.7 Å². The Morgan fingerprint density at radius 3 is 2.49 bits per heavy atom. The first-order valence-electron chi connectivity index (χ1n) is 11.1. The molecule has 0 atom stereocenters. The maximum atomic E-state index is 14.3. The molecule has 1 amide bonds. The Hall–Kier alpha value is -4.23. The normalized spacial score (nSPS) is 15.1. The molecule has 4 aromatic rings. The summed E-state index contributed by atoms with van der Waals surface area (Å²) in [6, 6.07) is 16.4. The number of benzene rings is 3. The zero-order valence-electron chi connectivity index (χ0n) is 19.5. The van der Waals surface area contributed by atoms with Gasteiger partial charge < -0.3 is 4.74 Å². The Balaban J connectivity index is 1.27. The van der Waals surface area contributed by atoms with E-state index < -0.39 is 12.2 Å². The molecular formula is C25H15ClF4N6O2S. The van der Waals surface area contributed by atoms with Gasteiger partial charge in [-0.3, -0.25) is 9.69 Å². The average Bonchev–Trinajstić information content (AvgIpc) is 3.52. The molecular weight excluding hydrogens is 560 g/mol. The molecule has 1 fully saturated rings. The fourth-order valence-corrected chi connectivity index (χ4v) is 4.60. The molecule has 0 bridgehead atoms. The highest BCUT2D eigenvalue weighted by atomic mass is 35.5. The van der Waals surface area contributed by atoms with Gasteiger partial charge in [0.1, 0.15) is 23.6 Å². The van der Waals surface area contributed by atoms with Crippen molar-refractivity contribution in [2.75, 3.05) is 10.7 Å². The Labute approximate surface area is 227 Å². The van der Waals surface area contributed by atoms with Gasteiger partial charge in [0.25, 0.3) is 0 Å². The molecule has 0 spiro atoms. The van der Waals surface area contributed by atoms with Crippen molar-refractivity contribution >= 4 is 46.3 Å². The van der Waals surface area contributed by atoms with Gasteiger partial charge >= 0.3 is 6.36 Å². The van der Waals surface area contributed by atoms with Gasteiger partial charge in [0.05, 0.1) is 22.7 Å². The zero-order chi connectivity index (χ0) is 27.6. The summed E-state index contributed by atoms with van der Waals surface area (Å²) >= 11 is 7.23. The van der Waals surface area contributed by atoms with E-state index in [-0.39, 0.29) is 33.3 Å². The first-order valence-corrected chi connectivity index (χ1v) is 12.4. The fourth-order valence-electron chi connectivity index (χ4n) is 3.54. The maximum Gasteiger partial charge on any atom is 0.573 e. The average molecular weight is 575 g/mol. The monoisotopic (exact) mass is 574 g/mol. The topological polar surface area (TPSA) is 85.0 Å². The van der Waals surface area contributed by atoms with Gasteiger partial charge in [0.15, 0.2) is 11.0 Å². The molecule has 0 unspecified atom stereocenters. The summed E-state index contributed by atoms with van der Waals surface area (Å²) in [4.78, 5) is 17.7. The molecule has 0 radical (unpaired) electrons. The predicted octanol–water partition coefficient (Wildman–Crippen LogP) is 6.10. The van der Waals surface area contributed by atoms with Crippen LogP contribution in [0.3, 0.4) is 0 Å². The van der Waals surface area contributed by atoms with Crippen molar-refractivity contribution in [3.05, 3.63) is 89.5 Å². The van der Waals surface area contributed by atoms with Crippen LogP contribution in [-0.2, 0) is 4.79 Å². The minimum absolute atomic E-state index is 0.0648. The van der Waals surface area contributed by atoms with Crippen LogP contribution in [0.1, 0.15) is 5.56 Å². The van der Waals surface area contributed by atoms with E-state index in [1.165, 1.54) is 59.7 Å². The Morgan fingerprint density at radius 2 is 1.79 bits per heavy atom. The number of aromatic nitrogens is 3. The number of hydrogen-bond donors (Lipinski definition) is 0. The molecule has 1 aliphatic rings. The Morgan fingerprint density at radius 1 is 1.05 bits per heavy atom. The molecule has 0 aliphatic carbocycles. The molecule has 8 nitrogen and oxygen atoms in total. The number of halogens is 5. The summed E-state index contributed by atoms with van der Waals surface area (Å²) in [5.41, 5.74) is 1.81. The Kier molecular flexibility index (Phi) is 7.35. The molecule has 1 aliphatic heterocycles. The van der Waals surface area contributed by atoms with Crippen molar-refractivity contribution in [3.8, 4) is 22.8 Å². The van der Waals surface area contributed by atoms with E-state index in [2.05, 4.69) is 25.0 Å². The molecule has 1 aromatic heterocycles. The van der Waals surface area contributed by atoms with Crippen LogP contribution in [0, 0.1) is 5.82 Å². The van der Waals surface area contributed by atoms with Crippen molar-refractivity contribution in [3.63, 3.8) is 0 Å². The van der Waals surface area contributed by atoms with Crippen LogP contribution >= 0.6 is 23.4 Å². The summed E-state index contributed by atoms with van der Waals surface area (Å²) < 4.78 is 56.7. The van der Waals surface area contributed by atoms with Crippen molar-refractivity contribution < 1.29 is 27.1 Å². The van der Waals surface area contributed by atoms with Crippen molar-refractivity contribution in [2.24, 2.45) is 10.2 Å². The second-order valence-electron chi connectivity index (χ2n) is 7.89. The molecule has 2 heterocycles. The van der Waals surface area contributed by atoms with Crippen LogP contribution in [0.5, 0.6) is 5.75 Å². The van der Waals surface area contributed by atoms with Gasteiger partial charge in [-0.25, -0.2) is 14.1 Å². The van der Waals surface area contributed by atoms with E-state index in [1.54, 1.807) is 24.3 Å². The SMILES string of the molecule is O=C1CS/C(=N\N=C\c2ccc(-c3ncn(-c4ccc(OC(F)(F)F)cc4)n3)cc2)N1c1c(F)cccc1Cl. The third-order valence-corrected chi connectivity index (χ3v) is 6.49. The minimum Gasteiger partial charge on any atom is -0.406 e. The summed E-state index contributed by atoms with van der Waals surface area (Å²) in [5, 5.41) is 12.8. The van der Waals surface area contributed by atoms with Crippen molar-refractivity contribution in [1.82, 2.24) is 14.8 Å². The van der Waals surface area contributed by atoms with Crippen molar-refractivity contribution in [2.45, 2.75) is 6.36 Å². The number of amidine groups is 1. The van der Waals surface area contributed by atoms with Crippen LogP contribution < -0.4 is 9.64 Å². The standard InChI is InChI=1S/C25H15ClF4N6O2S/c26-19-2-1-3-20(27)22(19)36-21(37)13-39-24(36)33-32-12-15-4-6-16(7-5-15)23-31-14-35(34-23)17-8-10-18(11-9-17)38-25(28,29)30/h1-12,14H,13H2/b32-12+,33-24-. The molecule has 198 valence electrons. The van der Waals surface area contributed by atoms with Crippen LogP contribution in [-0.4, -0.2) is 44.2 Å². The number of carbonyl (C=O) groups is 1.